The van der Waals surface area contributed by atoms with Gasteiger partial charge in [-0.25, -0.2) is 4.79 Å². The summed E-state index contributed by atoms with van der Waals surface area (Å²) < 4.78 is 9.36. The van der Waals surface area contributed by atoms with Crippen LogP contribution in [-0.2, 0) is 9.47 Å². The van der Waals surface area contributed by atoms with E-state index in [0.29, 0.717) is 6.42 Å². The van der Waals surface area contributed by atoms with E-state index < -0.39 is 6.16 Å². The minimum Gasteiger partial charge on any atom is -0.450 e. The molecule has 0 saturated carbocycles. The van der Waals surface area contributed by atoms with Crippen LogP contribution >= 0.6 is 0 Å². The second kappa shape index (κ2) is 4.18. The molecule has 0 aliphatic rings. The number of hydrogen-bond donors (Lipinski definition) is 1. The smallest absolute Gasteiger partial charge is 0.450 e. The molecule has 11 heavy (non-hydrogen) atoms. The lowest BCUT2D eigenvalue weighted by atomic mass is 10.1. The van der Waals surface area contributed by atoms with Crippen molar-refractivity contribution in [3.63, 3.8) is 0 Å². The Hall–Kier alpha value is -0.770. The van der Waals surface area contributed by atoms with Gasteiger partial charge in [0.15, 0.2) is 0 Å². The Morgan fingerprint density at radius 1 is 1.55 bits per heavy atom. The van der Waals surface area contributed by atoms with Crippen molar-refractivity contribution in [1.29, 1.82) is 0 Å². The Morgan fingerprint density at radius 2 is 2.09 bits per heavy atom. The van der Waals surface area contributed by atoms with Crippen molar-refractivity contribution in [2.24, 2.45) is 0 Å². The van der Waals surface area contributed by atoms with Gasteiger partial charge in [0.05, 0.1) is 12.2 Å². The molecule has 0 radical (unpaired) electrons. The molecule has 0 aromatic rings. The normalized spacial score (nSPS) is 11.2. The van der Waals surface area contributed by atoms with Gasteiger partial charge in [0.2, 0.25) is 0 Å². The summed E-state index contributed by atoms with van der Waals surface area (Å²) >= 11 is 0. The molecule has 0 heterocycles. The van der Waals surface area contributed by atoms with Crippen LogP contribution < -0.4 is 0 Å². The minimum absolute atomic E-state index is 0.177. The van der Waals surface area contributed by atoms with Gasteiger partial charge < -0.3 is 14.6 Å². The van der Waals surface area contributed by atoms with Gasteiger partial charge in [-0.05, 0) is 13.8 Å². The zero-order chi connectivity index (χ0) is 8.91. The largest absolute Gasteiger partial charge is 0.505 e. The van der Waals surface area contributed by atoms with Crippen molar-refractivity contribution < 1.29 is 19.4 Å². The van der Waals surface area contributed by atoms with Crippen LogP contribution in [0.25, 0.3) is 0 Å². The molecule has 0 bridgehead atoms. The Kier molecular flexibility index (Phi) is 3.89. The molecule has 1 N–H and O–H groups in total. The molecule has 0 rings (SSSR count). The van der Waals surface area contributed by atoms with Crippen molar-refractivity contribution in [3.05, 3.63) is 0 Å². The highest BCUT2D eigenvalue weighted by Crippen LogP contribution is 2.12. The van der Waals surface area contributed by atoms with Crippen molar-refractivity contribution in [2.45, 2.75) is 25.9 Å². The van der Waals surface area contributed by atoms with E-state index in [1.165, 1.54) is 0 Å². The van der Waals surface area contributed by atoms with Gasteiger partial charge >= 0.3 is 6.16 Å². The second-order valence-corrected chi connectivity index (χ2v) is 2.83. The molecule has 4 nitrogen and oxygen atoms in total. The first-order chi connectivity index (χ1) is 4.98. The van der Waals surface area contributed by atoms with Crippen molar-refractivity contribution >= 4 is 6.16 Å². The number of ether oxygens (including phenoxy) is 2. The maximum atomic E-state index is 9.91. The summed E-state index contributed by atoms with van der Waals surface area (Å²) in [5, 5.41) is 8.12. The molecule has 0 aromatic heterocycles. The number of methoxy groups -OCH3 is 1. The summed E-state index contributed by atoms with van der Waals surface area (Å²) in [4.78, 5) is 9.91. The molecule has 0 unspecified atom stereocenters. The molecule has 0 aromatic carbocycles. The van der Waals surface area contributed by atoms with Crippen LogP contribution in [0.4, 0.5) is 4.79 Å². The fourth-order valence-electron chi connectivity index (χ4n) is 0.486. The van der Waals surface area contributed by atoms with E-state index in [-0.39, 0.29) is 12.2 Å². The van der Waals surface area contributed by atoms with E-state index in [9.17, 15) is 4.79 Å². The average Bonchev–Trinajstić information content (AvgIpc) is 1.87. The Balaban J connectivity index is 3.45. The number of carboxylic acid groups (broad SMARTS) is 1. The van der Waals surface area contributed by atoms with Crippen LogP contribution in [0.1, 0.15) is 20.3 Å². The van der Waals surface area contributed by atoms with Gasteiger partial charge in [0.25, 0.3) is 0 Å². The summed E-state index contributed by atoms with van der Waals surface area (Å²) in [5.74, 6) is 0. The van der Waals surface area contributed by atoms with Gasteiger partial charge in [-0.1, -0.05) is 0 Å². The first-order valence-corrected chi connectivity index (χ1v) is 3.39. The summed E-state index contributed by atoms with van der Waals surface area (Å²) in [7, 11) is 1.58. The Morgan fingerprint density at radius 3 is 2.45 bits per heavy atom. The first-order valence-electron chi connectivity index (χ1n) is 3.39. The number of hydrogen-bond acceptors (Lipinski definition) is 3. The lowest BCUT2D eigenvalue weighted by Crippen LogP contribution is -2.24. The molecule has 0 amide bonds. The second-order valence-electron chi connectivity index (χ2n) is 2.83. The maximum absolute atomic E-state index is 9.91. The molecule has 0 fully saturated rings. The Bertz CT molecular complexity index is 130. The van der Waals surface area contributed by atoms with Gasteiger partial charge in [-0.3, -0.25) is 0 Å². The third-order valence-electron chi connectivity index (χ3n) is 1.48. The van der Waals surface area contributed by atoms with Gasteiger partial charge in [0, 0.05) is 13.5 Å². The van der Waals surface area contributed by atoms with Crippen LogP contribution in [0.3, 0.4) is 0 Å². The molecule has 0 spiro atoms. The number of rotatable bonds is 4. The fraction of sp³-hybridized carbons (Fsp3) is 0.857. The molecule has 0 aliphatic heterocycles. The highest BCUT2D eigenvalue weighted by atomic mass is 16.7. The molecular formula is C7H14O4. The lowest BCUT2D eigenvalue weighted by molar-refractivity contribution is -0.00497. The highest BCUT2D eigenvalue weighted by Gasteiger charge is 2.16. The minimum atomic E-state index is -1.24. The quantitative estimate of drug-likeness (QED) is 0.636. The fourth-order valence-corrected chi connectivity index (χ4v) is 0.486. The molecule has 0 aliphatic carbocycles. The zero-order valence-electron chi connectivity index (χ0n) is 7.09. The van der Waals surface area contributed by atoms with Gasteiger partial charge in [0.1, 0.15) is 0 Å². The number of carbonyl (C=O) groups is 1. The predicted octanol–water partition coefficient (Wildman–Crippen LogP) is 1.50. The molecule has 0 saturated heterocycles. The summed E-state index contributed by atoms with van der Waals surface area (Å²) in [6, 6.07) is 0. The molecular weight excluding hydrogens is 148 g/mol. The zero-order valence-corrected chi connectivity index (χ0v) is 7.09. The molecule has 66 valence electrons. The van der Waals surface area contributed by atoms with Crippen LogP contribution in [0.5, 0.6) is 0 Å². The van der Waals surface area contributed by atoms with E-state index in [1.807, 2.05) is 13.8 Å². The van der Waals surface area contributed by atoms with E-state index in [1.54, 1.807) is 7.11 Å². The van der Waals surface area contributed by atoms with E-state index in [0.717, 1.165) is 0 Å². The first kappa shape index (κ1) is 10.2. The van der Waals surface area contributed by atoms with Crippen LogP contribution in [0.15, 0.2) is 0 Å². The van der Waals surface area contributed by atoms with Crippen LogP contribution in [0.2, 0.25) is 0 Å². The van der Waals surface area contributed by atoms with Gasteiger partial charge in [-0.2, -0.15) is 0 Å². The third-order valence-corrected chi connectivity index (χ3v) is 1.48. The van der Waals surface area contributed by atoms with Crippen molar-refractivity contribution in [3.8, 4) is 0 Å². The summed E-state index contributed by atoms with van der Waals surface area (Å²) in [6.07, 6.45) is -0.674. The highest BCUT2D eigenvalue weighted by molar-refractivity contribution is 5.56. The average molecular weight is 162 g/mol. The molecule has 4 heteroatoms. The maximum Gasteiger partial charge on any atom is 0.505 e. The van der Waals surface area contributed by atoms with Crippen molar-refractivity contribution in [2.75, 3.05) is 13.7 Å². The van der Waals surface area contributed by atoms with Gasteiger partial charge in [-0.15, -0.1) is 0 Å². The SMILES string of the molecule is COC(C)(C)CCOC(=O)O. The lowest BCUT2D eigenvalue weighted by Gasteiger charge is -2.21. The third kappa shape index (κ3) is 5.66. The topological polar surface area (TPSA) is 55.8 Å². The van der Waals surface area contributed by atoms with E-state index in [4.69, 9.17) is 9.84 Å². The van der Waals surface area contributed by atoms with E-state index in [2.05, 4.69) is 4.74 Å². The summed E-state index contributed by atoms with van der Waals surface area (Å²) in [6.45, 7) is 3.92. The van der Waals surface area contributed by atoms with Crippen LogP contribution in [-0.4, -0.2) is 30.6 Å². The van der Waals surface area contributed by atoms with Crippen molar-refractivity contribution in [1.82, 2.24) is 0 Å². The molecule has 0 atom stereocenters. The van der Waals surface area contributed by atoms with Crippen LogP contribution in [0, 0.1) is 0 Å². The van der Waals surface area contributed by atoms with E-state index >= 15 is 0 Å². The standard InChI is InChI=1S/C7H14O4/c1-7(2,10-3)4-5-11-6(8)9/h4-5H2,1-3H3,(H,8,9). The summed E-state index contributed by atoms with van der Waals surface area (Å²) in [5.41, 5.74) is -0.310. The Labute approximate surface area is 66.1 Å². The predicted molar refractivity (Wildman–Crippen MR) is 39.7 cm³/mol. The monoisotopic (exact) mass is 162 g/mol.